The fourth-order valence-corrected chi connectivity index (χ4v) is 3.05. The zero-order chi connectivity index (χ0) is 12.1. The highest BCUT2D eigenvalue weighted by Gasteiger charge is 2.26. The molecule has 2 unspecified atom stereocenters. The summed E-state index contributed by atoms with van der Waals surface area (Å²) in [5, 5.41) is 0. The fourth-order valence-electron chi connectivity index (χ4n) is 3.05. The molecule has 2 rings (SSSR count). The number of likely N-dealkylation sites (N-methyl/N-ethyl adjacent to an activating group) is 1. The predicted octanol–water partition coefficient (Wildman–Crippen LogP) is 0.520. The van der Waals surface area contributed by atoms with E-state index < -0.39 is 0 Å². The van der Waals surface area contributed by atoms with Crippen LogP contribution in [0.15, 0.2) is 0 Å². The van der Waals surface area contributed by atoms with Crippen molar-refractivity contribution in [3.8, 4) is 0 Å². The molecule has 2 aliphatic heterocycles. The van der Waals surface area contributed by atoms with Crippen molar-refractivity contribution >= 4 is 0 Å². The Bertz CT molecular complexity index is 219. The largest absolute Gasteiger partial charge is 0.377 e. The second kappa shape index (κ2) is 6.69. The summed E-state index contributed by atoms with van der Waals surface area (Å²) < 4.78 is 5.76. The molecule has 4 nitrogen and oxygen atoms in total. The van der Waals surface area contributed by atoms with Crippen LogP contribution in [-0.2, 0) is 4.74 Å². The fraction of sp³-hybridized carbons (Fsp3) is 1.00. The Morgan fingerprint density at radius 2 is 2.18 bits per heavy atom. The van der Waals surface area contributed by atoms with Crippen molar-refractivity contribution in [2.45, 2.75) is 37.8 Å². The van der Waals surface area contributed by atoms with E-state index in [0.717, 1.165) is 32.7 Å². The Morgan fingerprint density at radius 3 is 2.88 bits per heavy atom. The summed E-state index contributed by atoms with van der Waals surface area (Å²) in [6.45, 7) is 6.43. The summed E-state index contributed by atoms with van der Waals surface area (Å²) >= 11 is 0. The van der Waals surface area contributed by atoms with Crippen LogP contribution in [0.1, 0.15) is 25.7 Å². The minimum Gasteiger partial charge on any atom is -0.377 e. The molecule has 0 aromatic carbocycles. The van der Waals surface area contributed by atoms with Crippen molar-refractivity contribution in [3.05, 3.63) is 0 Å². The summed E-state index contributed by atoms with van der Waals surface area (Å²) in [5.74, 6) is 0. The highest BCUT2D eigenvalue weighted by atomic mass is 16.5. The highest BCUT2D eigenvalue weighted by Crippen LogP contribution is 2.18. The first-order chi connectivity index (χ1) is 8.29. The molecule has 2 aliphatic rings. The maximum atomic E-state index is 5.76. The van der Waals surface area contributed by atoms with E-state index in [-0.39, 0.29) is 0 Å². The first-order valence-electron chi connectivity index (χ1n) is 7.04. The molecule has 100 valence electrons. The molecule has 0 aliphatic carbocycles. The summed E-state index contributed by atoms with van der Waals surface area (Å²) in [6, 6.07) is 0.622. The van der Waals surface area contributed by atoms with E-state index in [2.05, 4.69) is 16.8 Å². The molecule has 4 heteroatoms. The number of ether oxygens (including phenoxy) is 1. The molecule has 0 aromatic rings. The number of hydrogen-bond acceptors (Lipinski definition) is 4. The SMILES string of the molecule is CN1CCCN(CC2CCCO2)C(CCN)C1. The predicted molar refractivity (Wildman–Crippen MR) is 70.1 cm³/mol. The summed E-state index contributed by atoms with van der Waals surface area (Å²) in [6.07, 6.45) is 5.32. The van der Waals surface area contributed by atoms with Gasteiger partial charge < -0.3 is 15.4 Å². The normalized spacial score (nSPS) is 32.8. The second-order valence-corrected chi connectivity index (χ2v) is 5.48. The van der Waals surface area contributed by atoms with Crippen LogP contribution in [0.2, 0.25) is 0 Å². The smallest absolute Gasteiger partial charge is 0.0702 e. The van der Waals surface area contributed by atoms with Gasteiger partial charge in [0.2, 0.25) is 0 Å². The van der Waals surface area contributed by atoms with Crippen LogP contribution >= 0.6 is 0 Å². The molecule has 2 fully saturated rings. The van der Waals surface area contributed by atoms with Crippen molar-refractivity contribution in [1.29, 1.82) is 0 Å². The minimum absolute atomic E-state index is 0.471. The molecule has 0 spiro atoms. The van der Waals surface area contributed by atoms with Crippen LogP contribution in [0.4, 0.5) is 0 Å². The molecule has 2 heterocycles. The molecule has 2 N–H and O–H groups in total. The molecular weight excluding hydrogens is 214 g/mol. The molecule has 2 saturated heterocycles. The van der Waals surface area contributed by atoms with E-state index in [1.54, 1.807) is 0 Å². The minimum atomic E-state index is 0.471. The van der Waals surface area contributed by atoms with E-state index >= 15 is 0 Å². The number of hydrogen-bond donors (Lipinski definition) is 1. The lowest BCUT2D eigenvalue weighted by Crippen LogP contribution is -2.44. The third-order valence-electron chi connectivity index (χ3n) is 3.99. The molecule has 0 aromatic heterocycles. The van der Waals surface area contributed by atoms with E-state index in [4.69, 9.17) is 10.5 Å². The Morgan fingerprint density at radius 1 is 1.29 bits per heavy atom. The maximum Gasteiger partial charge on any atom is 0.0702 e. The Kier molecular flexibility index (Phi) is 5.22. The number of nitrogens with two attached hydrogens (primary N) is 1. The van der Waals surface area contributed by atoms with Gasteiger partial charge in [-0.3, -0.25) is 4.90 Å². The van der Waals surface area contributed by atoms with Gasteiger partial charge in [0.15, 0.2) is 0 Å². The zero-order valence-corrected chi connectivity index (χ0v) is 11.1. The van der Waals surface area contributed by atoms with Crippen LogP contribution in [0.25, 0.3) is 0 Å². The van der Waals surface area contributed by atoms with Gasteiger partial charge in [0.1, 0.15) is 0 Å². The third-order valence-corrected chi connectivity index (χ3v) is 3.99. The van der Waals surface area contributed by atoms with Crippen LogP contribution in [0.5, 0.6) is 0 Å². The molecular formula is C13H27N3O. The van der Waals surface area contributed by atoms with E-state index in [1.807, 2.05) is 0 Å². The average Bonchev–Trinajstić information content (AvgIpc) is 2.74. The van der Waals surface area contributed by atoms with Gasteiger partial charge in [-0.1, -0.05) is 0 Å². The molecule has 17 heavy (non-hydrogen) atoms. The van der Waals surface area contributed by atoms with Gasteiger partial charge in [-0.15, -0.1) is 0 Å². The van der Waals surface area contributed by atoms with Crippen LogP contribution in [-0.4, -0.2) is 68.3 Å². The van der Waals surface area contributed by atoms with Crippen LogP contribution < -0.4 is 5.73 Å². The topological polar surface area (TPSA) is 41.7 Å². The van der Waals surface area contributed by atoms with Gasteiger partial charge in [0.05, 0.1) is 6.10 Å². The molecule has 0 radical (unpaired) electrons. The summed E-state index contributed by atoms with van der Waals surface area (Å²) in [4.78, 5) is 5.06. The quantitative estimate of drug-likeness (QED) is 0.779. The van der Waals surface area contributed by atoms with E-state index in [1.165, 1.54) is 32.4 Å². The van der Waals surface area contributed by atoms with Crippen molar-refractivity contribution in [2.24, 2.45) is 5.73 Å². The monoisotopic (exact) mass is 241 g/mol. The molecule has 0 saturated carbocycles. The van der Waals surface area contributed by atoms with Gasteiger partial charge >= 0.3 is 0 Å². The van der Waals surface area contributed by atoms with Crippen molar-refractivity contribution < 1.29 is 4.74 Å². The second-order valence-electron chi connectivity index (χ2n) is 5.48. The standard InChI is InChI=1S/C13H27N3O/c1-15-7-3-8-16(12(10-15)5-6-14)11-13-4-2-9-17-13/h12-13H,2-11,14H2,1H3. The van der Waals surface area contributed by atoms with Gasteiger partial charge in [0, 0.05) is 25.7 Å². The first-order valence-corrected chi connectivity index (χ1v) is 7.04. The van der Waals surface area contributed by atoms with E-state index in [9.17, 15) is 0 Å². The Labute approximate surface area is 105 Å². The van der Waals surface area contributed by atoms with Crippen LogP contribution in [0, 0.1) is 0 Å². The number of rotatable bonds is 4. The molecule has 0 bridgehead atoms. The maximum absolute atomic E-state index is 5.76. The van der Waals surface area contributed by atoms with Gasteiger partial charge in [-0.05, 0) is 52.4 Å². The van der Waals surface area contributed by atoms with Crippen molar-refractivity contribution in [3.63, 3.8) is 0 Å². The first kappa shape index (κ1) is 13.3. The molecule has 2 atom stereocenters. The van der Waals surface area contributed by atoms with Crippen LogP contribution in [0.3, 0.4) is 0 Å². The third kappa shape index (κ3) is 3.91. The highest BCUT2D eigenvalue weighted by molar-refractivity contribution is 4.82. The lowest BCUT2D eigenvalue weighted by Gasteiger charge is -2.32. The van der Waals surface area contributed by atoms with Gasteiger partial charge in [0.25, 0.3) is 0 Å². The lowest BCUT2D eigenvalue weighted by atomic mass is 10.1. The Balaban J connectivity index is 1.89. The van der Waals surface area contributed by atoms with E-state index in [0.29, 0.717) is 12.1 Å². The Hall–Kier alpha value is -0.160. The number of nitrogens with zero attached hydrogens (tertiary/aromatic N) is 2. The van der Waals surface area contributed by atoms with Gasteiger partial charge in [-0.25, -0.2) is 0 Å². The summed E-state index contributed by atoms with van der Waals surface area (Å²) in [7, 11) is 2.22. The summed E-state index contributed by atoms with van der Waals surface area (Å²) in [5.41, 5.74) is 5.75. The average molecular weight is 241 g/mol. The van der Waals surface area contributed by atoms with Gasteiger partial charge in [-0.2, -0.15) is 0 Å². The van der Waals surface area contributed by atoms with Crippen molar-refractivity contribution in [1.82, 2.24) is 9.80 Å². The van der Waals surface area contributed by atoms with Crippen molar-refractivity contribution in [2.75, 3.05) is 46.4 Å². The zero-order valence-electron chi connectivity index (χ0n) is 11.1. The molecule has 0 amide bonds. The lowest BCUT2D eigenvalue weighted by molar-refractivity contribution is 0.0561.